The molecule has 2 aromatic rings. The average molecular weight is 367 g/mol. The number of aromatic nitrogens is 1. The minimum Gasteiger partial charge on any atom is -0.496 e. The number of para-hydroxylation sites is 1. The van der Waals surface area contributed by atoms with Crippen molar-refractivity contribution in [1.82, 2.24) is 4.98 Å². The minimum atomic E-state index is 0.114. The van der Waals surface area contributed by atoms with Crippen molar-refractivity contribution in [1.29, 1.82) is 0 Å². The Hall–Kier alpha value is -1.10. The zero-order chi connectivity index (χ0) is 14.0. The van der Waals surface area contributed by atoms with Crippen LogP contribution >= 0.6 is 22.6 Å². The van der Waals surface area contributed by atoms with Crippen molar-refractivity contribution in [3.63, 3.8) is 0 Å². The topological polar surface area (TPSA) is 22.1 Å². The van der Waals surface area contributed by atoms with Crippen LogP contribution in [0.4, 0.5) is 0 Å². The Bertz CT molecular complexity index is 588. The third kappa shape index (κ3) is 3.08. The van der Waals surface area contributed by atoms with E-state index in [4.69, 9.17) is 9.72 Å². The number of methoxy groups -OCH3 is 1. The second-order valence-electron chi connectivity index (χ2n) is 5.49. The summed E-state index contributed by atoms with van der Waals surface area (Å²) in [6, 6.07) is 12.2. The monoisotopic (exact) mass is 367 g/mol. The molecule has 1 aromatic heterocycles. The van der Waals surface area contributed by atoms with Crippen LogP contribution in [-0.2, 0) is 5.41 Å². The molecule has 0 fully saturated rings. The van der Waals surface area contributed by atoms with Gasteiger partial charge in [-0.3, -0.25) is 0 Å². The largest absolute Gasteiger partial charge is 0.496 e. The zero-order valence-electron chi connectivity index (χ0n) is 11.7. The molecule has 0 amide bonds. The van der Waals surface area contributed by atoms with Gasteiger partial charge < -0.3 is 4.74 Å². The Morgan fingerprint density at radius 2 is 1.74 bits per heavy atom. The third-order valence-electron chi connectivity index (χ3n) is 3.04. The summed E-state index contributed by atoms with van der Waals surface area (Å²) in [4.78, 5) is 4.73. The van der Waals surface area contributed by atoms with E-state index in [1.54, 1.807) is 7.11 Å². The molecule has 100 valence electrons. The van der Waals surface area contributed by atoms with Gasteiger partial charge in [-0.1, -0.05) is 39.0 Å². The maximum Gasteiger partial charge on any atom is 0.128 e. The molecule has 0 aliphatic heterocycles. The van der Waals surface area contributed by atoms with E-state index in [0.29, 0.717) is 0 Å². The van der Waals surface area contributed by atoms with Gasteiger partial charge in [0.2, 0.25) is 0 Å². The van der Waals surface area contributed by atoms with Gasteiger partial charge in [-0.15, -0.1) is 0 Å². The summed E-state index contributed by atoms with van der Waals surface area (Å²) in [6.07, 6.45) is 0. The fourth-order valence-corrected chi connectivity index (χ4v) is 3.25. The van der Waals surface area contributed by atoms with E-state index in [2.05, 4.69) is 55.5 Å². The quantitative estimate of drug-likeness (QED) is 0.569. The van der Waals surface area contributed by atoms with Crippen molar-refractivity contribution in [2.75, 3.05) is 7.11 Å². The molecule has 0 saturated heterocycles. The second kappa shape index (κ2) is 5.49. The lowest BCUT2D eigenvalue weighted by atomic mass is 9.88. The Kier molecular flexibility index (Phi) is 4.13. The molecule has 0 saturated carbocycles. The highest BCUT2D eigenvalue weighted by Crippen LogP contribution is 2.32. The van der Waals surface area contributed by atoms with Gasteiger partial charge in [-0.25, -0.2) is 4.98 Å². The van der Waals surface area contributed by atoms with Crippen molar-refractivity contribution in [2.45, 2.75) is 26.2 Å². The van der Waals surface area contributed by atoms with Crippen LogP contribution in [0.1, 0.15) is 26.3 Å². The number of nitrogens with zero attached hydrogens (tertiary/aromatic N) is 1. The molecule has 19 heavy (non-hydrogen) atoms. The normalized spacial score (nSPS) is 11.4. The summed E-state index contributed by atoms with van der Waals surface area (Å²) >= 11 is 2.31. The SMILES string of the molecule is COc1ccccc1-c1ccc(C(C)(C)C)c(I)n1. The maximum atomic E-state index is 5.39. The van der Waals surface area contributed by atoms with Crippen LogP contribution in [0.2, 0.25) is 0 Å². The van der Waals surface area contributed by atoms with E-state index < -0.39 is 0 Å². The standard InChI is InChI=1S/C16H18INO/c1-16(2,3)12-9-10-13(18-15(12)17)11-7-5-6-8-14(11)19-4/h5-10H,1-4H3. The van der Waals surface area contributed by atoms with Crippen LogP contribution in [0.25, 0.3) is 11.3 Å². The lowest BCUT2D eigenvalue weighted by Gasteiger charge is -2.20. The second-order valence-corrected chi connectivity index (χ2v) is 6.51. The first kappa shape index (κ1) is 14.3. The molecule has 3 heteroatoms. The zero-order valence-corrected chi connectivity index (χ0v) is 13.9. The molecule has 2 nitrogen and oxygen atoms in total. The predicted molar refractivity (Wildman–Crippen MR) is 87.6 cm³/mol. The van der Waals surface area contributed by atoms with E-state index >= 15 is 0 Å². The summed E-state index contributed by atoms with van der Waals surface area (Å²) in [5.41, 5.74) is 3.37. The smallest absolute Gasteiger partial charge is 0.128 e. The van der Waals surface area contributed by atoms with Gasteiger partial charge in [0, 0.05) is 5.56 Å². The van der Waals surface area contributed by atoms with Gasteiger partial charge in [-0.05, 0) is 51.8 Å². The Balaban J connectivity index is 2.51. The molecule has 0 aliphatic rings. The van der Waals surface area contributed by atoms with Crippen LogP contribution in [0.3, 0.4) is 0 Å². The van der Waals surface area contributed by atoms with Crippen LogP contribution in [0, 0.1) is 3.70 Å². The predicted octanol–water partition coefficient (Wildman–Crippen LogP) is 4.66. The molecular formula is C16H18INO. The first-order valence-electron chi connectivity index (χ1n) is 6.24. The number of pyridine rings is 1. The summed E-state index contributed by atoms with van der Waals surface area (Å²) in [6.45, 7) is 6.61. The Morgan fingerprint density at radius 1 is 1.05 bits per heavy atom. The minimum absolute atomic E-state index is 0.114. The summed E-state index contributed by atoms with van der Waals surface area (Å²) < 4.78 is 6.44. The summed E-state index contributed by atoms with van der Waals surface area (Å²) in [5, 5.41) is 0. The Labute approximate surface area is 128 Å². The molecule has 0 bridgehead atoms. The molecule has 0 spiro atoms. The molecule has 0 aliphatic carbocycles. The lowest BCUT2D eigenvalue weighted by Crippen LogP contribution is -2.14. The van der Waals surface area contributed by atoms with Gasteiger partial charge in [0.15, 0.2) is 0 Å². The fraction of sp³-hybridized carbons (Fsp3) is 0.312. The van der Waals surface area contributed by atoms with E-state index in [1.807, 2.05) is 24.3 Å². The average Bonchev–Trinajstić information content (AvgIpc) is 2.37. The molecule has 2 rings (SSSR count). The third-order valence-corrected chi connectivity index (χ3v) is 3.86. The number of ether oxygens (including phenoxy) is 1. The number of hydrogen-bond donors (Lipinski definition) is 0. The highest BCUT2D eigenvalue weighted by Gasteiger charge is 2.18. The summed E-state index contributed by atoms with van der Waals surface area (Å²) in [7, 11) is 1.69. The number of hydrogen-bond acceptors (Lipinski definition) is 2. The van der Waals surface area contributed by atoms with Gasteiger partial charge >= 0.3 is 0 Å². The lowest BCUT2D eigenvalue weighted by molar-refractivity contribution is 0.416. The van der Waals surface area contributed by atoms with Crippen molar-refractivity contribution >= 4 is 22.6 Å². The Morgan fingerprint density at radius 3 is 2.32 bits per heavy atom. The first-order valence-corrected chi connectivity index (χ1v) is 7.32. The van der Waals surface area contributed by atoms with Crippen LogP contribution in [-0.4, -0.2) is 12.1 Å². The van der Waals surface area contributed by atoms with Crippen molar-refractivity contribution in [3.05, 3.63) is 45.7 Å². The highest BCUT2D eigenvalue weighted by atomic mass is 127. The van der Waals surface area contributed by atoms with Gasteiger partial charge in [0.05, 0.1) is 12.8 Å². The van der Waals surface area contributed by atoms with Gasteiger partial charge in [0.25, 0.3) is 0 Å². The van der Waals surface area contributed by atoms with Crippen molar-refractivity contribution in [3.8, 4) is 17.0 Å². The van der Waals surface area contributed by atoms with E-state index in [0.717, 1.165) is 20.7 Å². The molecule has 0 atom stereocenters. The fourth-order valence-electron chi connectivity index (χ4n) is 2.00. The molecule has 1 aromatic carbocycles. The number of halogens is 1. The molecular weight excluding hydrogens is 349 g/mol. The van der Waals surface area contributed by atoms with E-state index in [-0.39, 0.29) is 5.41 Å². The van der Waals surface area contributed by atoms with Crippen LogP contribution in [0.5, 0.6) is 5.75 Å². The van der Waals surface area contributed by atoms with Crippen molar-refractivity contribution in [2.24, 2.45) is 0 Å². The molecule has 0 radical (unpaired) electrons. The van der Waals surface area contributed by atoms with E-state index in [9.17, 15) is 0 Å². The van der Waals surface area contributed by atoms with Crippen LogP contribution < -0.4 is 4.74 Å². The summed E-state index contributed by atoms with van der Waals surface area (Å²) in [5.74, 6) is 0.856. The first-order chi connectivity index (χ1) is 8.93. The highest BCUT2D eigenvalue weighted by molar-refractivity contribution is 14.1. The van der Waals surface area contributed by atoms with Crippen molar-refractivity contribution < 1.29 is 4.74 Å². The van der Waals surface area contributed by atoms with Gasteiger partial charge in [-0.2, -0.15) is 0 Å². The molecule has 0 unspecified atom stereocenters. The number of benzene rings is 1. The molecule has 0 N–H and O–H groups in total. The maximum absolute atomic E-state index is 5.39. The number of rotatable bonds is 2. The molecule has 1 heterocycles. The van der Waals surface area contributed by atoms with Gasteiger partial charge in [0.1, 0.15) is 9.45 Å². The van der Waals surface area contributed by atoms with Crippen LogP contribution in [0.15, 0.2) is 36.4 Å². The van der Waals surface area contributed by atoms with E-state index in [1.165, 1.54) is 5.56 Å².